The third kappa shape index (κ3) is 2.44. The molecule has 0 aliphatic rings. The Morgan fingerprint density at radius 2 is 2.43 bits per heavy atom. The fourth-order valence-electron chi connectivity index (χ4n) is 0.901. The average molecular weight is 210 g/mol. The normalized spacial score (nSPS) is 9.21. The quantitative estimate of drug-likeness (QED) is 0.546. The molecule has 0 radical (unpaired) electrons. The van der Waals surface area contributed by atoms with Gasteiger partial charge in [0.25, 0.3) is 5.91 Å². The molecular formula is C9H8ClN3O. The van der Waals surface area contributed by atoms with Crippen molar-refractivity contribution in [2.45, 2.75) is 0 Å². The fourth-order valence-corrected chi connectivity index (χ4v) is 1.06. The molecule has 0 spiro atoms. The smallest absolute Gasteiger partial charge is 0.273 e. The summed E-state index contributed by atoms with van der Waals surface area (Å²) in [7, 11) is 1.54. The maximum Gasteiger partial charge on any atom is 0.273 e. The van der Waals surface area contributed by atoms with Gasteiger partial charge in [-0.2, -0.15) is 5.26 Å². The lowest BCUT2D eigenvalue weighted by Crippen LogP contribution is -2.27. The van der Waals surface area contributed by atoms with Crippen LogP contribution in [0.25, 0.3) is 0 Å². The number of nitriles is 1. The molecule has 0 fully saturated rings. The number of nitrogens with zero attached hydrogens (tertiary/aromatic N) is 3. The van der Waals surface area contributed by atoms with Crippen LogP contribution in [0.2, 0.25) is 5.15 Å². The van der Waals surface area contributed by atoms with E-state index in [1.165, 1.54) is 11.9 Å². The lowest BCUT2D eigenvalue weighted by molar-refractivity contribution is 0.0806. The monoisotopic (exact) mass is 209 g/mol. The molecule has 1 aromatic rings. The number of amides is 1. The molecule has 0 aliphatic heterocycles. The number of rotatable bonds is 2. The van der Waals surface area contributed by atoms with Crippen LogP contribution < -0.4 is 0 Å². The summed E-state index contributed by atoms with van der Waals surface area (Å²) in [6.45, 7) is 0.0347. The van der Waals surface area contributed by atoms with Gasteiger partial charge in [0, 0.05) is 7.05 Å². The van der Waals surface area contributed by atoms with Gasteiger partial charge in [0.15, 0.2) is 0 Å². The van der Waals surface area contributed by atoms with Gasteiger partial charge in [0.1, 0.15) is 17.4 Å². The minimum Gasteiger partial charge on any atom is -0.327 e. The van der Waals surface area contributed by atoms with Crippen molar-refractivity contribution in [3.05, 3.63) is 29.0 Å². The molecule has 0 N–H and O–H groups in total. The summed E-state index contributed by atoms with van der Waals surface area (Å²) in [6.07, 6.45) is 0. The van der Waals surface area contributed by atoms with E-state index >= 15 is 0 Å². The summed E-state index contributed by atoms with van der Waals surface area (Å²) in [5.74, 6) is -0.311. The molecule has 5 heteroatoms. The average Bonchev–Trinajstić information content (AvgIpc) is 2.17. The van der Waals surface area contributed by atoms with Gasteiger partial charge < -0.3 is 4.90 Å². The number of hydrogen-bond acceptors (Lipinski definition) is 3. The predicted octanol–water partition coefficient (Wildman–Crippen LogP) is 1.33. The molecular weight excluding hydrogens is 202 g/mol. The van der Waals surface area contributed by atoms with Crippen LogP contribution in [0.5, 0.6) is 0 Å². The van der Waals surface area contributed by atoms with Gasteiger partial charge in [0.05, 0.1) is 6.07 Å². The Bertz CT molecular complexity index is 386. The Hall–Kier alpha value is -1.60. The standard InChI is InChI=1S/C9H8ClN3O/c1-13(6-5-11)9(14)7-3-2-4-8(10)12-7/h2-4H,6H2,1H3. The lowest BCUT2D eigenvalue weighted by Gasteiger charge is -2.11. The molecule has 4 nitrogen and oxygen atoms in total. The Labute approximate surface area is 86.7 Å². The largest absolute Gasteiger partial charge is 0.327 e. The first-order chi connectivity index (χ1) is 6.65. The van der Waals surface area contributed by atoms with Crippen LogP contribution >= 0.6 is 11.6 Å². The van der Waals surface area contributed by atoms with Gasteiger partial charge >= 0.3 is 0 Å². The summed E-state index contributed by atoms with van der Waals surface area (Å²) >= 11 is 5.62. The summed E-state index contributed by atoms with van der Waals surface area (Å²) in [5, 5.41) is 8.66. The molecule has 0 aromatic carbocycles. The summed E-state index contributed by atoms with van der Waals surface area (Å²) in [5.41, 5.74) is 0.246. The van der Waals surface area contributed by atoms with Crippen molar-refractivity contribution in [1.82, 2.24) is 9.88 Å². The second kappa shape index (κ2) is 4.58. The zero-order valence-electron chi connectivity index (χ0n) is 7.57. The van der Waals surface area contributed by atoms with Crippen molar-refractivity contribution in [2.24, 2.45) is 0 Å². The van der Waals surface area contributed by atoms with E-state index < -0.39 is 0 Å². The van der Waals surface area contributed by atoms with E-state index in [9.17, 15) is 4.79 Å². The van der Waals surface area contributed by atoms with Gasteiger partial charge in [0.2, 0.25) is 0 Å². The van der Waals surface area contributed by atoms with E-state index in [0.29, 0.717) is 0 Å². The molecule has 0 saturated carbocycles. The minimum absolute atomic E-state index is 0.0347. The molecule has 0 atom stereocenters. The second-order valence-electron chi connectivity index (χ2n) is 2.66. The number of hydrogen-bond donors (Lipinski definition) is 0. The van der Waals surface area contributed by atoms with Crippen molar-refractivity contribution in [2.75, 3.05) is 13.6 Å². The van der Waals surface area contributed by atoms with Crippen molar-refractivity contribution in [1.29, 1.82) is 5.26 Å². The Balaban J connectivity index is 2.85. The highest BCUT2D eigenvalue weighted by atomic mass is 35.5. The van der Waals surface area contributed by atoms with E-state index in [0.717, 1.165) is 0 Å². The Kier molecular flexibility index (Phi) is 3.43. The van der Waals surface area contributed by atoms with Gasteiger partial charge in [-0.15, -0.1) is 0 Å². The Morgan fingerprint density at radius 1 is 1.71 bits per heavy atom. The van der Waals surface area contributed by atoms with Crippen LogP contribution in [0.4, 0.5) is 0 Å². The molecule has 0 saturated heterocycles. The molecule has 1 amide bonds. The molecule has 0 aliphatic carbocycles. The minimum atomic E-state index is -0.311. The highest BCUT2D eigenvalue weighted by Crippen LogP contribution is 2.06. The first-order valence-corrected chi connectivity index (χ1v) is 4.28. The van der Waals surface area contributed by atoms with Gasteiger partial charge in [-0.3, -0.25) is 4.79 Å². The zero-order valence-corrected chi connectivity index (χ0v) is 8.32. The number of aromatic nitrogens is 1. The van der Waals surface area contributed by atoms with Crippen molar-refractivity contribution >= 4 is 17.5 Å². The van der Waals surface area contributed by atoms with Crippen molar-refractivity contribution < 1.29 is 4.79 Å². The van der Waals surface area contributed by atoms with E-state index in [1.807, 2.05) is 6.07 Å². The van der Waals surface area contributed by atoms with Gasteiger partial charge in [-0.25, -0.2) is 4.98 Å². The summed E-state index contributed by atoms with van der Waals surface area (Å²) < 4.78 is 0. The van der Waals surface area contributed by atoms with E-state index in [2.05, 4.69) is 4.98 Å². The van der Waals surface area contributed by atoms with Crippen LogP contribution in [0.1, 0.15) is 10.5 Å². The van der Waals surface area contributed by atoms with Crippen LogP contribution in [-0.4, -0.2) is 29.4 Å². The molecule has 0 bridgehead atoms. The number of carbonyl (C=O) groups excluding carboxylic acids is 1. The number of halogens is 1. The topological polar surface area (TPSA) is 57.0 Å². The van der Waals surface area contributed by atoms with Crippen LogP contribution in [0, 0.1) is 11.3 Å². The maximum absolute atomic E-state index is 11.5. The van der Waals surface area contributed by atoms with Crippen molar-refractivity contribution in [3.8, 4) is 6.07 Å². The first kappa shape index (κ1) is 10.5. The first-order valence-electron chi connectivity index (χ1n) is 3.90. The molecule has 1 aromatic heterocycles. The van der Waals surface area contributed by atoms with E-state index in [1.54, 1.807) is 18.2 Å². The van der Waals surface area contributed by atoms with E-state index in [4.69, 9.17) is 16.9 Å². The third-order valence-electron chi connectivity index (χ3n) is 1.59. The SMILES string of the molecule is CN(CC#N)C(=O)c1cccc(Cl)n1. The van der Waals surface area contributed by atoms with E-state index in [-0.39, 0.29) is 23.3 Å². The molecule has 1 heterocycles. The van der Waals surface area contributed by atoms with Crippen LogP contribution in [-0.2, 0) is 0 Å². The van der Waals surface area contributed by atoms with Gasteiger partial charge in [-0.05, 0) is 12.1 Å². The Morgan fingerprint density at radius 3 is 3.00 bits per heavy atom. The third-order valence-corrected chi connectivity index (χ3v) is 1.80. The maximum atomic E-state index is 11.5. The molecule has 14 heavy (non-hydrogen) atoms. The van der Waals surface area contributed by atoms with Crippen LogP contribution in [0.3, 0.4) is 0 Å². The number of pyridine rings is 1. The highest BCUT2D eigenvalue weighted by Gasteiger charge is 2.12. The van der Waals surface area contributed by atoms with Crippen LogP contribution in [0.15, 0.2) is 18.2 Å². The number of carbonyl (C=O) groups is 1. The molecule has 72 valence electrons. The lowest BCUT2D eigenvalue weighted by atomic mass is 10.3. The highest BCUT2D eigenvalue weighted by molar-refractivity contribution is 6.29. The fraction of sp³-hybridized carbons (Fsp3) is 0.222. The molecule has 1 rings (SSSR count). The second-order valence-corrected chi connectivity index (χ2v) is 3.05. The van der Waals surface area contributed by atoms with Crippen molar-refractivity contribution in [3.63, 3.8) is 0 Å². The predicted molar refractivity (Wildman–Crippen MR) is 51.8 cm³/mol. The molecule has 0 unspecified atom stereocenters. The summed E-state index contributed by atoms with van der Waals surface area (Å²) in [6, 6.07) is 6.66. The van der Waals surface area contributed by atoms with Gasteiger partial charge in [-0.1, -0.05) is 17.7 Å². The zero-order chi connectivity index (χ0) is 10.6. The summed E-state index contributed by atoms with van der Waals surface area (Å²) in [4.78, 5) is 16.7.